The smallest absolute Gasteiger partial charge is 0.269 e. The molecule has 206 valence electrons. The number of aromatic amines is 1. The molecule has 3 aromatic rings. The number of aromatic nitrogens is 2. The molecule has 2 amide bonds. The van der Waals surface area contributed by atoms with Crippen LogP contribution in [0.4, 0.5) is 4.39 Å². The maximum Gasteiger partial charge on any atom is 0.269 e. The van der Waals surface area contributed by atoms with Crippen molar-refractivity contribution >= 4 is 50.9 Å². The first-order valence-electron chi connectivity index (χ1n) is 13.2. The molecule has 1 aromatic heterocycles. The van der Waals surface area contributed by atoms with E-state index in [1.165, 1.54) is 12.1 Å². The van der Waals surface area contributed by atoms with E-state index in [0.29, 0.717) is 30.7 Å². The van der Waals surface area contributed by atoms with Gasteiger partial charge in [0.25, 0.3) is 5.91 Å². The topological polar surface area (TPSA) is 86.9 Å². The lowest BCUT2D eigenvalue weighted by Gasteiger charge is -2.36. The minimum Gasteiger partial charge on any atom is -0.348 e. The van der Waals surface area contributed by atoms with E-state index < -0.39 is 11.9 Å². The van der Waals surface area contributed by atoms with Gasteiger partial charge in [-0.15, -0.1) is 0 Å². The summed E-state index contributed by atoms with van der Waals surface area (Å²) in [7, 11) is 0. The molecule has 2 aliphatic rings. The third-order valence-corrected chi connectivity index (χ3v) is 9.55. The van der Waals surface area contributed by atoms with Crippen molar-refractivity contribution in [3.05, 3.63) is 74.1 Å². The highest BCUT2D eigenvalue weighted by molar-refractivity contribution is 9.10. The Hall–Kier alpha value is -2.42. The van der Waals surface area contributed by atoms with Gasteiger partial charge >= 0.3 is 0 Å². The van der Waals surface area contributed by atoms with Gasteiger partial charge in [-0.05, 0) is 67.9 Å². The Bertz CT molecular complexity index is 1370. The van der Waals surface area contributed by atoms with E-state index in [1.807, 2.05) is 24.3 Å². The Morgan fingerprint density at radius 1 is 1.13 bits per heavy atom. The molecule has 0 spiro atoms. The molecule has 2 aromatic carbocycles. The van der Waals surface area contributed by atoms with Gasteiger partial charge in [0.2, 0.25) is 5.91 Å². The lowest BCUT2D eigenvalue weighted by Crippen LogP contribution is -2.42. The van der Waals surface area contributed by atoms with Gasteiger partial charge in [0.1, 0.15) is 11.5 Å². The zero-order valence-corrected chi connectivity index (χ0v) is 24.6. The van der Waals surface area contributed by atoms with Gasteiger partial charge in [0.05, 0.1) is 21.8 Å². The van der Waals surface area contributed by atoms with Crippen LogP contribution in [-0.2, 0) is 4.79 Å². The Kier molecular flexibility index (Phi) is 8.36. The van der Waals surface area contributed by atoms with Crippen LogP contribution in [0.1, 0.15) is 74.0 Å². The first-order chi connectivity index (χ1) is 18.6. The monoisotopic (exact) mass is 634 g/mol. The summed E-state index contributed by atoms with van der Waals surface area (Å²) in [6, 6.07) is 11.4. The van der Waals surface area contributed by atoms with Gasteiger partial charge in [0.15, 0.2) is 0 Å². The molecule has 2 fully saturated rings. The SMILES string of the molecule is CC1([C@H](NC(=O)[C@H]2CC[C@@H](NC(=O)c3cc(-c4ccc(Br)cc4)n[nH]3)C2)c2c(F)ccc(Cl)c2Cl)CCCC1. The number of hydrogen-bond donors (Lipinski definition) is 3. The van der Waals surface area contributed by atoms with Crippen LogP contribution in [0, 0.1) is 17.2 Å². The molecule has 10 heteroatoms. The fourth-order valence-corrected chi connectivity index (χ4v) is 6.65. The van der Waals surface area contributed by atoms with Crippen LogP contribution in [0.2, 0.25) is 10.0 Å². The summed E-state index contributed by atoms with van der Waals surface area (Å²) in [4.78, 5) is 26.4. The molecule has 5 rings (SSSR count). The number of nitrogens with zero attached hydrogens (tertiary/aromatic N) is 1. The molecule has 2 aliphatic carbocycles. The van der Waals surface area contributed by atoms with Gasteiger partial charge in [-0.1, -0.05) is 71.0 Å². The summed E-state index contributed by atoms with van der Waals surface area (Å²) in [5, 5.41) is 13.7. The van der Waals surface area contributed by atoms with Gasteiger partial charge in [-0.25, -0.2) is 4.39 Å². The Balaban J connectivity index is 1.25. The van der Waals surface area contributed by atoms with Crippen molar-refractivity contribution in [1.29, 1.82) is 0 Å². The summed E-state index contributed by atoms with van der Waals surface area (Å²) in [5.41, 5.74) is 1.86. The number of hydrogen-bond acceptors (Lipinski definition) is 3. The normalized spacial score (nSPS) is 21.1. The van der Waals surface area contributed by atoms with E-state index >= 15 is 4.39 Å². The molecule has 3 atom stereocenters. The number of nitrogens with one attached hydrogen (secondary N) is 3. The largest absolute Gasteiger partial charge is 0.348 e. The zero-order valence-electron chi connectivity index (χ0n) is 21.5. The van der Waals surface area contributed by atoms with Crippen molar-refractivity contribution in [2.45, 2.75) is 64.0 Å². The van der Waals surface area contributed by atoms with Crippen LogP contribution < -0.4 is 10.6 Å². The first-order valence-corrected chi connectivity index (χ1v) is 14.8. The molecule has 0 bridgehead atoms. The molecule has 6 nitrogen and oxygen atoms in total. The summed E-state index contributed by atoms with van der Waals surface area (Å²) < 4.78 is 16.0. The number of amides is 2. The van der Waals surface area contributed by atoms with Crippen LogP contribution in [0.3, 0.4) is 0 Å². The van der Waals surface area contributed by atoms with Crippen molar-refractivity contribution in [1.82, 2.24) is 20.8 Å². The van der Waals surface area contributed by atoms with Crippen molar-refractivity contribution in [2.24, 2.45) is 11.3 Å². The summed E-state index contributed by atoms with van der Waals surface area (Å²) in [6.45, 7) is 2.08. The summed E-state index contributed by atoms with van der Waals surface area (Å²) in [6.07, 6.45) is 5.53. The van der Waals surface area contributed by atoms with E-state index in [2.05, 4.69) is 43.7 Å². The lowest BCUT2D eigenvalue weighted by atomic mass is 9.76. The third-order valence-electron chi connectivity index (χ3n) is 8.20. The minimum absolute atomic E-state index is 0.147. The fraction of sp³-hybridized carbons (Fsp3) is 0.414. The van der Waals surface area contributed by atoms with Crippen molar-refractivity contribution < 1.29 is 14.0 Å². The van der Waals surface area contributed by atoms with Crippen LogP contribution in [0.25, 0.3) is 11.3 Å². The summed E-state index contributed by atoms with van der Waals surface area (Å²) in [5.74, 6) is -1.19. The van der Waals surface area contributed by atoms with E-state index in [0.717, 1.165) is 35.7 Å². The van der Waals surface area contributed by atoms with Crippen molar-refractivity contribution in [3.63, 3.8) is 0 Å². The molecule has 0 radical (unpaired) electrons. The van der Waals surface area contributed by atoms with E-state index in [-0.39, 0.29) is 44.8 Å². The molecular formula is C29H30BrCl2FN4O2. The molecule has 2 saturated carbocycles. The third kappa shape index (κ3) is 6.03. The highest BCUT2D eigenvalue weighted by Gasteiger charge is 2.43. The predicted molar refractivity (Wildman–Crippen MR) is 154 cm³/mol. The number of carbonyl (C=O) groups is 2. The number of benzene rings is 2. The average Bonchev–Trinajstić information content (AvgIpc) is 3.68. The highest BCUT2D eigenvalue weighted by atomic mass is 79.9. The van der Waals surface area contributed by atoms with Crippen LogP contribution in [-0.4, -0.2) is 28.1 Å². The fourth-order valence-electron chi connectivity index (χ4n) is 5.95. The molecule has 0 aliphatic heterocycles. The summed E-state index contributed by atoms with van der Waals surface area (Å²) >= 11 is 16.1. The van der Waals surface area contributed by atoms with E-state index in [4.69, 9.17) is 23.2 Å². The maximum atomic E-state index is 15.1. The van der Waals surface area contributed by atoms with Gasteiger partial charge in [-0.3, -0.25) is 14.7 Å². The van der Waals surface area contributed by atoms with Crippen molar-refractivity contribution in [3.8, 4) is 11.3 Å². The van der Waals surface area contributed by atoms with Gasteiger partial charge < -0.3 is 10.6 Å². The number of carbonyl (C=O) groups excluding carboxylic acids is 2. The minimum atomic E-state index is -0.589. The van der Waals surface area contributed by atoms with Gasteiger partial charge in [0, 0.05) is 27.6 Å². The standard InChI is InChI=1S/C29H30BrCl2FN4O2/c1-29(12-2-3-13-29)26(24-21(33)11-10-20(31)25(24)32)35-27(38)17-6-9-19(14-17)34-28(39)23-15-22(36-37-23)16-4-7-18(30)8-5-16/h4-5,7-8,10-11,15,17,19,26H,2-3,6,9,12-14H2,1H3,(H,34,39)(H,35,38)(H,36,37)/t17-,19+,26+/m0/s1. The molecule has 3 N–H and O–H groups in total. The van der Waals surface area contributed by atoms with E-state index in [9.17, 15) is 9.59 Å². The van der Waals surface area contributed by atoms with Crippen LogP contribution in [0.5, 0.6) is 0 Å². The van der Waals surface area contributed by atoms with Crippen molar-refractivity contribution in [2.75, 3.05) is 0 Å². The second kappa shape index (κ2) is 11.6. The molecule has 0 saturated heterocycles. The Labute approximate surface area is 245 Å². The first kappa shape index (κ1) is 28.1. The molecule has 0 unspecified atom stereocenters. The quantitative estimate of drug-likeness (QED) is 0.233. The molecular weight excluding hydrogens is 606 g/mol. The number of rotatable bonds is 7. The second-order valence-corrected chi connectivity index (χ2v) is 12.6. The predicted octanol–water partition coefficient (Wildman–Crippen LogP) is 7.62. The van der Waals surface area contributed by atoms with E-state index in [1.54, 1.807) is 6.07 Å². The lowest BCUT2D eigenvalue weighted by molar-refractivity contribution is -0.126. The molecule has 39 heavy (non-hydrogen) atoms. The Morgan fingerprint density at radius 3 is 2.56 bits per heavy atom. The average molecular weight is 636 g/mol. The zero-order chi connectivity index (χ0) is 27.7. The van der Waals surface area contributed by atoms with Crippen LogP contribution in [0.15, 0.2) is 46.9 Å². The Morgan fingerprint density at radius 2 is 1.85 bits per heavy atom. The number of H-pyrrole nitrogens is 1. The van der Waals surface area contributed by atoms with Crippen LogP contribution >= 0.6 is 39.1 Å². The number of halogens is 4. The second-order valence-electron chi connectivity index (χ2n) is 10.9. The molecule has 1 heterocycles. The maximum absolute atomic E-state index is 15.1. The van der Waals surface area contributed by atoms with Gasteiger partial charge in [-0.2, -0.15) is 5.10 Å². The highest BCUT2D eigenvalue weighted by Crippen LogP contribution is 2.50.